The Morgan fingerprint density at radius 3 is 2.57 bits per heavy atom. The number of rotatable bonds is 5. The normalized spacial score (nSPS) is 19.3. The molecule has 3 aromatic heterocycles. The predicted molar refractivity (Wildman–Crippen MR) is 96.4 cm³/mol. The lowest BCUT2D eigenvalue weighted by atomic mass is 9.87. The molecule has 1 aliphatic carbocycles. The van der Waals surface area contributed by atoms with Crippen molar-refractivity contribution in [3.63, 3.8) is 0 Å². The molecule has 8 nitrogen and oxygen atoms in total. The van der Waals surface area contributed by atoms with Gasteiger partial charge in [-0.1, -0.05) is 0 Å². The van der Waals surface area contributed by atoms with Crippen molar-refractivity contribution >= 4 is 17.5 Å². The lowest BCUT2D eigenvalue weighted by Crippen LogP contribution is -2.30. The monoisotopic (exact) mass is 392 g/mol. The highest BCUT2D eigenvalue weighted by molar-refractivity contribution is 5.58. The van der Waals surface area contributed by atoms with Crippen LogP contribution in [0.4, 0.5) is 30.6 Å². The second-order valence-electron chi connectivity index (χ2n) is 6.68. The molecule has 0 aromatic carbocycles. The van der Waals surface area contributed by atoms with E-state index in [4.69, 9.17) is 0 Å². The number of hydrogen-bond donors (Lipinski definition) is 2. The SMILES string of the molecule is CNc1nc(Nc2cnn([C@H]3C[C@H](n4cccn4)C3)c2C)ncc1C(F)(F)F. The van der Waals surface area contributed by atoms with Gasteiger partial charge in [0.1, 0.15) is 11.4 Å². The molecule has 148 valence electrons. The number of nitrogens with zero attached hydrogens (tertiary/aromatic N) is 6. The highest BCUT2D eigenvalue weighted by Gasteiger charge is 2.35. The molecule has 1 fully saturated rings. The molecule has 1 saturated carbocycles. The zero-order valence-corrected chi connectivity index (χ0v) is 15.3. The summed E-state index contributed by atoms with van der Waals surface area (Å²) in [5, 5.41) is 14.1. The van der Waals surface area contributed by atoms with Gasteiger partial charge in [-0.15, -0.1) is 0 Å². The zero-order valence-electron chi connectivity index (χ0n) is 15.3. The minimum Gasteiger partial charge on any atom is -0.372 e. The van der Waals surface area contributed by atoms with Crippen LogP contribution >= 0.6 is 0 Å². The van der Waals surface area contributed by atoms with Gasteiger partial charge in [0.25, 0.3) is 0 Å². The van der Waals surface area contributed by atoms with Gasteiger partial charge in [-0.2, -0.15) is 28.4 Å². The molecular formula is C17H19F3N8. The maximum Gasteiger partial charge on any atom is 0.421 e. The van der Waals surface area contributed by atoms with Gasteiger partial charge in [0.2, 0.25) is 5.95 Å². The van der Waals surface area contributed by atoms with E-state index in [9.17, 15) is 13.2 Å². The van der Waals surface area contributed by atoms with Gasteiger partial charge in [0, 0.05) is 25.6 Å². The lowest BCUT2D eigenvalue weighted by Gasteiger charge is -2.36. The van der Waals surface area contributed by atoms with E-state index in [2.05, 4.69) is 30.8 Å². The minimum absolute atomic E-state index is 0.0722. The number of alkyl halides is 3. The largest absolute Gasteiger partial charge is 0.421 e. The Balaban J connectivity index is 1.48. The molecule has 3 aromatic rings. The van der Waals surface area contributed by atoms with Gasteiger partial charge in [0.05, 0.1) is 29.7 Å². The van der Waals surface area contributed by atoms with E-state index >= 15 is 0 Å². The highest BCUT2D eigenvalue weighted by atomic mass is 19.4. The van der Waals surface area contributed by atoms with Crippen molar-refractivity contribution < 1.29 is 13.2 Å². The van der Waals surface area contributed by atoms with Crippen LogP contribution in [0.2, 0.25) is 0 Å². The van der Waals surface area contributed by atoms with Crippen molar-refractivity contribution in [1.82, 2.24) is 29.5 Å². The van der Waals surface area contributed by atoms with Gasteiger partial charge in [-0.3, -0.25) is 9.36 Å². The maximum atomic E-state index is 13.0. The Labute approximate surface area is 158 Å². The van der Waals surface area contributed by atoms with Crippen molar-refractivity contribution in [2.45, 2.75) is 38.0 Å². The summed E-state index contributed by atoms with van der Waals surface area (Å²) >= 11 is 0. The van der Waals surface area contributed by atoms with Crippen LogP contribution < -0.4 is 10.6 Å². The fourth-order valence-corrected chi connectivity index (χ4v) is 3.35. The van der Waals surface area contributed by atoms with Crippen LogP contribution in [0.1, 0.15) is 36.2 Å². The average Bonchev–Trinajstić information content (AvgIpc) is 3.25. The molecule has 28 heavy (non-hydrogen) atoms. The molecule has 3 heterocycles. The number of aromatic nitrogens is 6. The molecule has 0 saturated heterocycles. The first-order valence-electron chi connectivity index (χ1n) is 8.79. The Kier molecular flexibility index (Phi) is 4.44. The molecule has 1 aliphatic rings. The molecule has 0 aliphatic heterocycles. The number of halogens is 3. The fraction of sp³-hybridized carbons (Fsp3) is 0.412. The quantitative estimate of drug-likeness (QED) is 0.691. The highest BCUT2D eigenvalue weighted by Crippen LogP contribution is 2.42. The fourth-order valence-electron chi connectivity index (χ4n) is 3.35. The molecule has 0 spiro atoms. The van der Waals surface area contributed by atoms with E-state index in [1.165, 1.54) is 7.05 Å². The molecule has 0 unspecified atom stereocenters. The second kappa shape index (κ2) is 6.80. The van der Waals surface area contributed by atoms with Crippen molar-refractivity contribution in [2.75, 3.05) is 17.7 Å². The van der Waals surface area contributed by atoms with E-state index in [1.54, 1.807) is 12.4 Å². The molecule has 0 amide bonds. The van der Waals surface area contributed by atoms with Crippen LogP contribution in [-0.4, -0.2) is 36.6 Å². The minimum atomic E-state index is -4.52. The van der Waals surface area contributed by atoms with Crippen LogP contribution in [0.5, 0.6) is 0 Å². The number of nitrogens with one attached hydrogen (secondary N) is 2. The first-order chi connectivity index (χ1) is 13.4. The van der Waals surface area contributed by atoms with Crippen LogP contribution in [0.3, 0.4) is 0 Å². The van der Waals surface area contributed by atoms with Crippen LogP contribution in [-0.2, 0) is 6.18 Å². The van der Waals surface area contributed by atoms with Gasteiger partial charge >= 0.3 is 6.18 Å². The third kappa shape index (κ3) is 3.27. The Hall–Kier alpha value is -3.11. The Morgan fingerprint density at radius 1 is 1.14 bits per heavy atom. The summed E-state index contributed by atoms with van der Waals surface area (Å²) in [6, 6.07) is 2.51. The van der Waals surface area contributed by atoms with E-state index in [-0.39, 0.29) is 17.8 Å². The molecule has 2 N–H and O–H groups in total. The first-order valence-corrected chi connectivity index (χ1v) is 8.79. The van der Waals surface area contributed by atoms with Gasteiger partial charge < -0.3 is 10.6 Å². The molecule has 4 rings (SSSR count). The standard InChI is InChI=1S/C17H19F3N8/c1-10-14(25-16-22-8-13(17(18,19)20)15(21-2)26-16)9-24-28(10)12-6-11(7-12)27-5-3-4-23-27/h3-5,8-9,11-12H,6-7H2,1-2H3,(H2,21,22,25,26)/t11-,12-. The van der Waals surface area contributed by atoms with Crippen LogP contribution in [0.25, 0.3) is 0 Å². The van der Waals surface area contributed by atoms with Gasteiger partial charge in [0.15, 0.2) is 0 Å². The van der Waals surface area contributed by atoms with Crippen molar-refractivity contribution in [1.29, 1.82) is 0 Å². The van der Waals surface area contributed by atoms with E-state index in [0.29, 0.717) is 11.7 Å². The topological polar surface area (TPSA) is 85.5 Å². The summed E-state index contributed by atoms with van der Waals surface area (Å²) in [4.78, 5) is 7.72. The van der Waals surface area contributed by atoms with Crippen LogP contribution in [0, 0.1) is 6.92 Å². The molecule has 11 heteroatoms. The van der Waals surface area contributed by atoms with E-state index in [1.807, 2.05) is 28.6 Å². The lowest BCUT2D eigenvalue weighted by molar-refractivity contribution is -0.137. The summed E-state index contributed by atoms with van der Waals surface area (Å²) in [7, 11) is 1.39. The Bertz CT molecular complexity index is 957. The molecule has 0 bridgehead atoms. The number of hydrogen-bond acceptors (Lipinski definition) is 6. The van der Waals surface area contributed by atoms with Crippen LogP contribution in [0.15, 0.2) is 30.9 Å². The van der Waals surface area contributed by atoms with Gasteiger partial charge in [-0.25, -0.2) is 4.98 Å². The second-order valence-corrected chi connectivity index (χ2v) is 6.68. The van der Waals surface area contributed by atoms with Gasteiger partial charge in [-0.05, 0) is 25.8 Å². The van der Waals surface area contributed by atoms with E-state index in [0.717, 1.165) is 24.7 Å². The summed E-state index contributed by atoms with van der Waals surface area (Å²) in [6.45, 7) is 1.90. The third-order valence-electron chi connectivity index (χ3n) is 4.96. The summed E-state index contributed by atoms with van der Waals surface area (Å²) < 4.78 is 42.8. The predicted octanol–water partition coefficient (Wildman–Crippen LogP) is 3.56. The molecular weight excluding hydrogens is 373 g/mol. The average molecular weight is 392 g/mol. The molecule has 0 radical (unpaired) electrons. The zero-order chi connectivity index (χ0) is 19.9. The summed E-state index contributed by atoms with van der Waals surface area (Å²) in [5.74, 6) is -0.209. The first kappa shape index (κ1) is 18.3. The third-order valence-corrected chi connectivity index (χ3v) is 4.96. The summed E-state index contributed by atoms with van der Waals surface area (Å²) in [6.07, 6.45) is 3.43. The number of anilines is 3. The Morgan fingerprint density at radius 2 is 1.93 bits per heavy atom. The smallest absolute Gasteiger partial charge is 0.372 e. The maximum absolute atomic E-state index is 13.0. The summed E-state index contributed by atoms with van der Waals surface area (Å²) in [5.41, 5.74) is 0.620. The van der Waals surface area contributed by atoms with Crippen molar-refractivity contribution in [2.24, 2.45) is 0 Å². The molecule has 0 atom stereocenters. The van der Waals surface area contributed by atoms with Crippen molar-refractivity contribution in [3.05, 3.63) is 42.1 Å². The van der Waals surface area contributed by atoms with E-state index < -0.39 is 11.7 Å². The van der Waals surface area contributed by atoms with Crippen molar-refractivity contribution in [3.8, 4) is 0 Å².